The van der Waals surface area contributed by atoms with Crippen molar-refractivity contribution in [3.63, 3.8) is 0 Å². The van der Waals surface area contributed by atoms with Crippen LogP contribution in [-0.4, -0.2) is 35.1 Å². The molecule has 10 heteroatoms. The van der Waals surface area contributed by atoms with E-state index in [-0.39, 0.29) is 24.2 Å². The van der Waals surface area contributed by atoms with Gasteiger partial charge in [-0.25, -0.2) is 13.8 Å². The smallest absolute Gasteiger partial charge is 0.277 e. The summed E-state index contributed by atoms with van der Waals surface area (Å²) in [7, 11) is 1.73. The van der Waals surface area contributed by atoms with E-state index in [4.69, 9.17) is 0 Å². The van der Waals surface area contributed by atoms with Crippen LogP contribution in [0, 0.1) is 11.6 Å². The Balaban J connectivity index is 1.98. The van der Waals surface area contributed by atoms with E-state index in [1.165, 1.54) is 11.8 Å². The van der Waals surface area contributed by atoms with Crippen LogP contribution in [0.5, 0.6) is 0 Å². The summed E-state index contributed by atoms with van der Waals surface area (Å²) in [5.74, 6) is -0.314. The molecule has 0 saturated heterocycles. The van der Waals surface area contributed by atoms with Crippen LogP contribution in [0.25, 0.3) is 0 Å². The number of thioether (sulfide) groups is 1. The first-order valence-electron chi connectivity index (χ1n) is 7.84. The highest BCUT2D eigenvalue weighted by Gasteiger charge is 2.14. The summed E-state index contributed by atoms with van der Waals surface area (Å²) in [6.07, 6.45) is 4.32. The Labute approximate surface area is 152 Å². The van der Waals surface area contributed by atoms with Crippen molar-refractivity contribution in [1.29, 1.82) is 0 Å². The largest absolute Gasteiger partial charge is 0.321 e. The standard InChI is InChI=1S/C16H16F2N6OS/c1-3-26-16-21-15(25)10(4-14-20-9-23(2)22-14)7-24(16)8-13-12(18)5-11(17)6-19-13/h5-7,9H,3-4,8H2,1-2H3. The van der Waals surface area contributed by atoms with Crippen molar-refractivity contribution in [3.05, 3.63) is 63.9 Å². The third-order valence-electron chi connectivity index (χ3n) is 3.50. The fraction of sp³-hybridized carbons (Fsp3) is 0.312. The Bertz CT molecular complexity index is 987. The molecule has 0 radical (unpaired) electrons. The summed E-state index contributed by atoms with van der Waals surface area (Å²) in [6, 6.07) is 0.781. The van der Waals surface area contributed by atoms with Crippen LogP contribution in [0.3, 0.4) is 0 Å². The minimum absolute atomic E-state index is 0.0321. The lowest BCUT2D eigenvalue weighted by molar-refractivity contribution is 0.539. The zero-order valence-corrected chi connectivity index (χ0v) is 15.0. The number of hydrogen-bond acceptors (Lipinski definition) is 6. The lowest BCUT2D eigenvalue weighted by Crippen LogP contribution is -2.21. The molecule has 3 aromatic rings. The van der Waals surface area contributed by atoms with E-state index in [0.717, 1.165) is 12.3 Å². The van der Waals surface area contributed by atoms with Gasteiger partial charge in [-0.3, -0.25) is 14.5 Å². The minimum atomic E-state index is -0.746. The van der Waals surface area contributed by atoms with Gasteiger partial charge in [0.15, 0.2) is 11.0 Å². The number of hydrogen-bond donors (Lipinski definition) is 0. The number of aryl methyl sites for hydroxylation is 1. The number of halogens is 2. The van der Waals surface area contributed by atoms with E-state index in [1.807, 2.05) is 6.92 Å². The van der Waals surface area contributed by atoms with Crippen LogP contribution in [-0.2, 0) is 20.0 Å². The molecule has 0 spiro atoms. The van der Waals surface area contributed by atoms with Gasteiger partial charge in [0.25, 0.3) is 5.56 Å². The van der Waals surface area contributed by atoms with Crippen LogP contribution in [0.15, 0.2) is 34.7 Å². The van der Waals surface area contributed by atoms with E-state index in [0.29, 0.717) is 22.3 Å². The highest BCUT2D eigenvalue weighted by atomic mass is 32.2. The Kier molecular flexibility index (Phi) is 5.40. The number of pyridine rings is 1. The maximum Gasteiger partial charge on any atom is 0.277 e. The summed E-state index contributed by atoms with van der Waals surface area (Å²) in [6.45, 7) is 1.95. The summed E-state index contributed by atoms with van der Waals surface area (Å²) in [5, 5.41) is 4.60. The van der Waals surface area contributed by atoms with Gasteiger partial charge < -0.3 is 4.57 Å². The van der Waals surface area contributed by atoms with Crippen LogP contribution in [0.2, 0.25) is 0 Å². The number of nitrogens with zero attached hydrogens (tertiary/aromatic N) is 6. The zero-order valence-electron chi connectivity index (χ0n) is 14.2. The second-order valence-electron chi connectivity index (χ2n) is 5.51. The molecule has 7 nitrogen and oxygen atoms in total. The van der Waals surface area contributed by atoms with Crippen molar-refractivity contribution < 1.29 is 8.78 Å². The SMILES string of the molecule is CCSc1nc(=O)c(Cc2ncn(C)n2)cn1Cc1ncc(F)cc1F. The first-order chi connectivity index (χ1) is 12.5. The molecule has 0 aliphatic rings. The van der Waals surface area contributed by atoms with Gasteiger partial charge in [-0.2, -0.15) is 10.1 Å². The lowest BCUT2D eigenvalue weighted by Gasteiger charge is -2.13. The molecule has 0 atom stereocenters. The summed E-state index contributed by atoms with van der Waals surface area (Å²) in [4.78, 5) is 24.3. The molecule has 0 aromatic carbocycles. The van der Waals surface area contributed by atoms with Crippen molar-refractivity contribution in [2.45, 2.75) is 25.0 Å². The van der Waals surface area contributed by atoms with Gasteiger partial charge in [0.05, 0.1) is 18.4 Å². The molecule has 0 aliphatic carbocycles. The molecule has 0 amide bonds. The van der Waals surface area contributed by atoms with Gasteiger partial charge in [0, 0.05) is 31.3 Å². The summed E-state index contributed by atoms with van der Waals surface area (Å²) < 4.78 is 30.2. The Hall–Kier alpha value is -2.62. The first-order valence-corrected chi connectivity index (χ1v) is 8.82. The van der Waals surface area contributed by atoms with Crippen molar-refractivity contribution in [3.8, 4) is 0 Å². The molecule has 0 aliphatic heterocycles. The van der Waals surface area contributed by atoms with Crippen molar-refractivity contribution >= 4 is 11.8 Å². The van der Waals surface area contributed by atoms with Crippen LogP contribution in [0.4, 0.5) is 8.78 Å². The quantitative estimate of drug-likeness (QED) is 0.481. The molecular weight excluding hydrogens is 362 g/mol. The topological polar surface area (TPSA) is 78.5 Å². The molecule has 0 N–H and O–H groups in total. The molecule has 136 valence electrons. The van der Waals surface area contributed by atoms with Crippen LogP contribution in [0.1, 0.15) is 24.0 Å². The third-order valence-corrected chi connectivity index (χ3v) is 4.38. The maximum absolute atomic E-state index is 14.0. The van der Waals surface area contributed by atoms with E-state index >= 15 is 0 Å². The number of rotatable bonds is 6. The van der Waals surface area contributed by atoms with Crippen molar-refractivity contribution in [1.82, 2.24) is 29.3 Å². The van der Waals surface area contributed by atoms with E-state index in [2.05, 4.69) is 20.1 Å². The molecular formula is C16H16F2N6OS. The van der Waals surface area contributed by atoms with Gasteiger partial charge in [-0.1, -0.05) is 18.7 Å². The van der Waals surface area contributed by atoms with Gasteiger partial charge in [0.1, 0.15) is 18.0 Å². The molecule has 3 aromatic heterocycles. The predicted octanol–water partition coefficient (Wildman–Crippen LogP) is 1.80. The first kappa shape index (κ1) is 18.2. The third kappa shape index (κ3) is 4.13. The van der Waals surface area contributed by atoms with Crippen molar-refractivity contribution in [2.24, 2.45) is 7.05 Å². The van der Waals surface area contributed by atoms with E-state index < -0.39 is 11.6 Å². The lowest BCUT2D eigenvalue weighted by atomic mass is 10.2. The highest BCUT2D eigenvalue weighted by Crippen LogP contribution is 2.17. The zero-order chi connectivity index (χ0) is 18.7. The average Bonchev–Trinajstić information content (AvgIpc) is 2.99. The molecule has 0 bridgehead atoms. The fourth-order valence-electron chi connectivity index (χ4n) is 2.36. The average molecular weight is 378 g/mol. The second-order valence-corrected chi connectivity index (χ2v) is 6.74. The molecule has 0 saturated carbocycles. The fourth-order valence-corrected chi connectivity index (χ4v) is 3.04. The van der Waals surface area contributed by atoms with Gasteiger partial charge in [-0.15, -0.1) is 0 Å². The van der Waals surface area contributed by atoms with E-state index in [9.17, 15) is 13.6 Å². The predicted molar refractivity (Wildman–Crippen MR) is 92.0 cm³/mol. The van der Waals surface area contributed by atoms with E-state index in [1.54, 1.807) is 28.8 Å². The summed E-state index contributed by atoms with van der Waals surface area (Å²) >= 11 is 1.36. The van der Waals surface area contributed by atoms with Crippen LogP contribution >= 0.6 is 11.8 Å². The summed E-state index contributed by atoms with van der Waals surface area (Å²) in [5.41, 5.74) is 0.0769. The van der Waals surface area contributed by atoms with Gasteiger partial charge in [0.2, 0.25) is 0 Å². The number of aromatic nitrogens is 6. The monoisotopic (exact) mass is 378 g/mol. The minimum Gasteiger partial charge on any atom is -0.321 e. The van der Waals surface area contributed by atoms with Crippen molar-refractivity contribution in [2.75, 3.05) is 5.75 Å². The Morgan fingerprint density at radius 3 is 2.73 bits per heavy atom. The Morgan fingerprint density at radius 2 is 2.08 bits per heavy atom. The normalized spacial score (nSPS) is 11.1. The van der Waals surface area contributed by atoms with Crippen LogP contribution < -0.4 is 5.56 Å². The highest BCUT2D eigenvalue weighted by molar-refractivity contribution is 7.99. The van der Waals surface area contributed by atoms with Gasteiger partial charge in [-0.05, 0) is 5.75 Å². The molecule has 0 fully saturated rings. The molecule has 3 heterocycles. The second kappa shape index (κ2) is 7.73. The van der Waals surface area contributed by atoms with Gasteiger partial charge >= 0.3 is 0 Å². The molecule has 0 unspecified atom stereocenters. The maximum atomic E-state index is 14.0. The molecule has 26 heavy (non-hydrogen) atoms. The Morgan fingerprint density at radius 1 is 1.27 bits per heavy atom. The molecule has 3 rings (SSSR count).